The SMILES string of the molecule is O=C(c1ccc(Cl)cc1Br)N(CC(F)(F)F)C1CC1. The van der Waals surface area contributed by atoms with E-state index in [0.29, 0.717) is 22.3 Å². The van der Waals surface area contributed by atoms with Crippen LogP contribution in [0.15, 0.2) is 22.7 Å². The third-order valence-electron chi connectivity index (χ3n) is 2.76. The maximum absolute atomic E-state index is 12.5. The number of hydrogen-bond acceptors (Lipinski definition) is 1. The lowest BCUT2D eigenvalue weighted by Crippen LogP contribution is -2.40. The summed E-state index contributed by atoms with van der Waals surface area (Å²) in [5.41, 5.74) is 0.195. The maximum atomic E-state index is 12.5. The molecular weight excluding hydrogens is 346 g/mol. The summed E-state index contributed by atoms with van der Waals surface area (Å²) in [6.45, 7) is -1.22. The minimum Gasteiger partial charge on any atom is -0.327 e. The van der Waals surface area contributed by atoms with Gasteiger partial charge >= 0.3 is 6.18 Å². The first kappa shape index (κ1) is 14.7. The van der Waals surface area contributed by atoms with Gasteiger partial charge in [-0.1, -0.05) is 11.6 Å². The second kappa shape index (κ2) is 5.32. The fraction of sp³-hybridized carbons (Fsp3) is 0.417. The van der Waals surface area contributed by atoms with Crippen LogP contribution in [0.5, 0.6) is 0 Å². The van der Waals surface area contributed by atoms with Gasteiger partial charge in [0.1, 0.15) is 6.54 Å². The van der Waals surface area contributed by atoms with Crippen LogP contribution in [0.25, 0.3) is 0 Å². The fourth-order valence-electron chi connectivity index (χ4n) is 1.76. The van der Waals surface area contributed by atoms with E-state index in [1.807, 2.05) is 0 Å². The second-order valence-corrected chi connectivity index (χ2v) is 5.69. The average Bonchev–Trinajstić information content (AvgIpc) is 3.07. The van der Waals surface area contributed by atoms with E-state index in [1.54, 1.807) is 0 Å². The molecule has 104 valence electrons. The molecule has 1 aromatic carbocycles. The van der Waals surface area contributed by atoms with E-state index in [1.165, 1.54) is 18.2 Å². The molecule has 0 atom stereocenters. The van der Waals surface area contributed by atoms with Crippen LogP contribution in [0.2, 0.25) is 5.02 Å². The summed E-state index contributed by atoms with van der Waals surface area (Å²) < 4.78 is 37.9. The van der Waals surface area contributed by atoms with E-state index in [2.05, 4.69) is 15.9 Å². The van der Waals surface area contributed by atoms with Crippen molar-refractivity contribution in [3.63, 3.8) is 0 Å². The second-order valence-electron chi connectivity index (χ2n) is 4.40. The quantitative estimate of drug-likeness (QED) is 0.792. The highest BCUT2D eigenvalue weighted by molar-refractivity contribution is 9.10. The predicted molar refractivity (Wildman–Crippen MR) is 69.3 cm³/mol. The Morgan fingerprint density at radius 3 is 2.53 bits per heavy atom. The van der Waals surface area contributed by atoms with E-state index >= 15 is 0 Å². The number of rotatable bonds is 3. The van der Waals surface area contributed by atoms with Gasteiger partial charge in [-0.25, -0.2) is 0 Å². The van der Waals surface area contributed by atoms with Gasteiger partial charge in [-0.2, -0.15) is 13.2 Å². The van der Waals surface area contributed by atoms with E-state index in [4.69, 9.17) is 11.6 Å². The summed E-state index contributed by atoms with van der Waals surface area (Å²) in [6.07, 6.45) is -3.16. The molecule has 1 aromatic rings. The van der Waals surface area contributed by atoms with Crippen LogP contribution in [0.4, 0.5) is 13.2 Å². The van der Waals surface area contributed by atoms with Crippen molar-refractivity contribution in [1.29, 1.82) is 0 Å². The summed E-state index contributed by atoms with van der Waals surface area (Å²) in [6, 6.07) is 4.10. The molecule has 0 aliphatic heterocycles. The molecular formula is C12H10BrClF3NO. The van der Waals surface area contributed by atoms with Crippen LogP contribution in [-0.4, -0.2) is 29.6 Å². The van der Waals surface area contributed by atoms with Gasteiger partial charge in [0.2, 0.25) is 0 Å². The smallest absolute Gasteiger partial charge is 0.327 e. The normalized spacial score (nSPS) is 15.4. The van der Waals surface area contributed by atoms with Crippen molar-refractivity contribution in [3.8, 4) is 0 Å². The zero-order valence-corrected chi connectivity index (χ0v) is 12.0. The molecule has 0 saturated heterocycles. The Labute approximate surface area is 121 Å². The van der Waals surface area contributed by atoms with E-state index in [9.17, 15) is 18.0 Å². The first-order valence-electron chi connectivity index (χ1n) is 5.61. The molecule has 0 bridgehead atoms. The molecule has 1 fully saturated rings. The molecule has 1 aliphatic carbocycles. The van der Waals surface area contributed by atoms with E-state index in [0.717, 1.165) is 4.90 Å². The molecule has 2 rings (SSSR count). The summed E-state index contributed by atoms with van der Waals surface area (Å²) >= 11 is 8.90. The lowest BCUT2D eigenvalue weighted by Gasteiger charge is -2.24. The first-order valence-corrected chi connectivity index (χ1v) is 6.78. The third-order valence-corrected chi connectivity index (χ3v) is 3.65. The van der Waals surface area contributed by atoms with Gasteiger partial charge in [-0.3, -0.25) is 4.79 Å². The first-order chi connectivity index (χ1) is 8.78. The zero-order valence-electron chi connectivity index (χ0n) is 9.68. The number of carbonyl (C=O) groups is 1. The van der Waals surface area contributed by atoms with Crippen LogP contribution < -0.4 is 0 Å². The van der Waals surface area contributed by atoms with Crippen molar-refractivity contribution in [2.45, 2.75) is 25.1 Å². The molecule has 1 amide bonds. The van der Waals surface area contributed by atoms with E-state index in [-0.39, 0.29) is 11.6 Å². The number of nitrogens with zero attached hydrogens (tertiary/aromatic N) is 1. The Hall–Kier alpha value is -0.750. The molecule has 0 spiro atoms. The minimum absolute atomic E-state index is 0.195. The van der Waals surface area contributed by atoms with Crippen molar-refractivity contribution in [1.82, 2.24) is 4.90 Å². The standard InChI is InChI=1S/C12H10BrClF3NO/c13-10-5-7(14)1-4-9(10)11(19)18(8-2-3-8)6-12(15,16)17/h1,4-5,8H,2-3,6H2. The predicted octanol–water partition coefficient (Wildman–Crippen LogP) is 4.27. The molecule has 1 aliphatic rings. The average molecular weight is 357 g/mol. The number of halogens is 5. The van der Waals surface area contributed by atoms with Gasteiger partial charge < -0.3 is 4.90 Å². The van der Waals surface area contributed by atoms with Gasteiger partial charge in [0, 0.05) is 15.5 Å². The van der Waals surface area contributed by atoms with Crippen LogP contribution in [0.3, 0.4) is 0 Å². The molecule has 19 heavy (non-hydrogen) atoms. The summed E-state index contributed by atoms with van der Waals surface area (Å²) in [7, 11) is 0. The molecule has 0 heterocycles. The van der Waals surface area contributed by atoms with Crippen LogP contribution in [0.1, 0.15) is 23.2 Å². The third kappa shape index (κ3) is 3.86. The van der Waals surface area contributed by atoms with Crippen molar-refractivity contribution >= 4 is 33.4 Å². The summed E-state index contributed by atoms with van der Waals surface area (Å²) in [5.74, 6) is -0.622. The Morgan fingerprint density at radius 1 is 1.42 bits per heavy atom. The number of amides is 1. The number of alkyl halides is 3. The van der Waals surface area contributed by atoms with Crippen LogP contribution in [-0.2, 0) is 0 Å². The fourth-order valence-corrected chi connectivity index (χ4v) is 2.62. The van der Waals surface area contributed by atoms with Crippen molar-refractivity contribution in [2.75, 3.05) is 6.54 Å². The summed E-state index contributed by atoms with van der Waals surface area (Å²) in [5, 5.41) is 0.414. The molecule has 0 radical (unpaired) electrons. The molecule has 7 heteroatoms. The Bertz CT molecular complexity index is 502. The van der Waals surface area contributed by atoms with Gasteiger partial charge in [0.05, 0.1) is 5.56 Å². The highest BCUT2D eigenvalue weighted by Gasteiger charge is 2.41. The van der Waals surface area contributed by atoms with Crippen molar-refractivity contribution in [3.05, 3.63) is 33.3 Å². The van der Waals surface area contributed by atoms with Crippen LogP contribution >= 0.6 is 27.5 Å². The van der Waals surface area contributed by atoms with Gasteiger partial charge in [0.25, 0.3) is 5.91 Å². The highest BCUT2D eigenvalue weighted by Crippen LogP contribution is 2.33. The topological polar surface area (TPSA) is 20.3 Å². The highest BCUT2D eigenvalue weighted by atomic mass is 79.9. The Kier molecular flexibility index (Phi) is 4.11. The van der Waals surface area contributed by atoms with Crippen molar-refractivity contribution in [2.24, 2.45) is 0 Å². The molecule has 1 saturated carbocycles. The number of hydrogen-bond donors (Lipinski definition) is 0. The number of benzene rings is 1. The molecule has 0 N–H and O–H groups in total. The maximum Gasteiger partial charge on any atom is 0.406 e. The van der Waals surface area contributed by atoms with Crippen molar-refractivity contribution < 1.29 is 18.0 Å². The van der Waals surface area contributed by atoms with E-state index < -0.39 is 18.6 Å². The van der Waals surface area contributed by atoms with Gasteiger partial charge in [0.15, 0.2) is 0 Å². The largest absolute Gasteiger partial charge is 0.406 e. The van der Waals surface area contributed by atoms with Crippen LogP contribution in [0, 0.1) is 0 Å². The monoisotopic (exact) mass is 355 g/mol. The molecule has 2 nitrogen and oxygen atoms in total. The summed E-state index contributed by atoms with van der Waals surface area (Å²) in [4.78, 5) is 13.1. The molecule has 0 unspecified atom stereocenters. The molecule has 0 aromatic heterocycles. The van der Waals surface area contributed by atoms with Gasteiger partial charge in [-0.05, 0) is 47.0 Å². The Balaban J connectivity index is 2.24. The number of carbonyl (C=O) groups excluding carboxylic acids is 1. The minimum atomic E-state index is -4.39. The Morgan fingerprint density at radius 2 is 2.05 bits per heavy atom. The lowest BCUT2D eigenvalue weighted by molar-refractivity contribution is -0.141. The van der Waals surface area contributed by atoms with Gasteiger partial charge in [-0.15, -0.1) is 0 Å². The lowest BCUT2D eigenvalue weighted by atomic mass is 10.2. The zero-order chi connectivity index (χ0) is 14.2.